The van der Waals surface area contributed by atoms with Gasteiger partial charge in [-0.1, -0.05) is 30.3 Å². The quantitative estimate of drug-likeness (QED) is 0.279. The van der Waals surface area contributed by atoms with Crippen LogP contribution in [0.4, 0.5) is 16.2 Å². The van der Waals surface area contributed by atoms with Gasteiger partial charge in [-0.2, -0.15) is 9.61 Å². The van der Waals surface area contributed by atoms with Crippen molar-refractivity contribution in [2.75, 3.05) is 10.6 Å². The van der Waals surface area contributed by atoms with Crippen molar-refractivity contribution >= 4 is 23.1 Å². The Kier molecular flexibility index (Phi) is 6.13. The lowest BCUT2D eigenvalue weighted by Crippen LogP contribution is -2.19. The van der Waals surface area contributed by atoms with Gasteiger partial charge < -0.3 is 15.4 Å². The van der Waals surface area contributed by atoms with E-state index in [2.05, 4.69) is 25.8 Å². The number of hydrogen-bond acceptors (Lipinski definition) is 6. The van der Waals surface area contributed by atoms with E-state index in [0.29, 0.717) is 34.3 Å². The Morgan fingerprint density at radius 1 is 0.711 bits per heavy atom. The van der Waals surface area contributed by atoms with E-state index in [9.17, 15) is 4.79 Å². The molecule has 6 rings (SSSR count). The van der Waals surface area contributed by atoms with Crippen molar-refractivity contribution < 1.29 is 9.53 Å². The van der Waals surface area contributed by atoms with E-state index >= 15 is 0 Å². The Morgan fingerprint density at radius 2 is 1.50 bits per heavy atom. The van der Waals surface area contributed by atoms with Crippen molar-refractivity contribution in [3.8, 4) is 34.1 Å². The molecule has 3 aromatic heterocycles. The summed E-state index contributed by atoms with van der Waals surface area (Å²) in [5.74, 6) is 2.03. The van der Waals surface area contributed by atoms with Crippen LogP contribution in [0, 0.1) is 0 Å². The Balaban J connectivity index is 1.15. The van der Waals surface area contributed by atoms with E-state index in [4.69, 9.17) is 9.84 Å². The minimum Gasteiger partial charge on any atom is -0.457 e. The summed E-state index contributed by atoms with van der Waals surface area (Å²) in [4.78, 5) is 16.8. The Bertz CT molecular complexity index is 1700. The van der Waals surface area contributed by atoms with Gasteiger partial charge in [0.15, 0.2) is 11.5 Å². The molecule has 9 heteroatoms. The van der Waals surface area contributed by atoms with Crippen molar-refractivity contribution in [2.45, 2.75) is 0 Å². The van der Waals surface area contributed by atoms with Gasteiger partial charge in [0, 0.05) is 34.9 Å². The molecule has 2 amide bonds. The molecule has 0 aliphatic rings. The van der Waals surface area contributed by atoms with Gasteiger partial charge in [0.2, 0.25) is 0 Å². The Labute approximate surface area is 217 Å². The Morgan fingerprint density at radius 3 is 2.32 bits per heavy atom. The third-order valence-corrected chi connectivity index (χ3v) is 5.69. The number of pyridine rings is 1. The van der Waals surface area contributed by atoms with Gasteiger partial charge in [-0.25, -0.2) is 4.79 Å². The van der Waals surface area contributed by atoms with Crippen molar-refractivity contribution in [3.05, 3.63) is 116 Å². The second-order valence-electron chi connectivity index (χ2n) is 8.35. The minimum absolute atomic E-state index is 0.361. The number of amides is 2. The molecule has 0 atom stereocenters. The lowest BCUT2D eigenvalue weighted by Gasteiger charge is -2.10. The first-order chi connectivity index (χ1) is 18.7. The van der Waals surface area contributed by atoms with Gasteiger partial charge in [0.25, 0.3) is 0 Å². The number of fused-ring (bicyclic) bond motifs is 1. The zero-order valence-electron chi connectivity index (χ0n) is 20.0. The highest BCUT2D eigenvalue weighted by Crippen LogP contribution is 2.25. The lowest BCUT2D eigenvalue weighted by atomic mass is 10.1. The van der Waals surface area contributed by atoms with Crippen LogP contribution in [0.3, 0.4) is 0 Å². The Hall–Kier alpha value is -5.57. The lowest BCUT2D eigenvalue weighted by molar-refractivity contribution is 0.262. The number of urea groups is 1. The number of benzene rings is 3. The van der Waals surface area contributed by atoms with E-state index in [-0.39, 0.29) is 6.03 Å². The molecule has 0 unspecified atom stereocenters. The maximum atomic E-state index is 12.7. The zero-order chi connectivity index (χ0) is 25.7. The number of carbonyl (C=O) groups excluding carboxylic acids is 1. The molecule has 0 saturated carbocycles. The van der Waals surface area contributed by atoms with Gasteiger partial charge >= 0.3 is 6.03 Å². The van der Waals surface area contributed by atoms with Crippen molar-refractivity contribution in [1.29, 1.82) is 0 Å². The molecule has 0 fully saturated rings. The van der Waals surface area contributed by atoms with E-state index in [0.717, 1.165) is 16.9 Å². The van der Waals surface area contributed by atoms with Crippen LogP contribution in [-0.2, 0) is 0 Å². The summed E-state index contributed by atoms with van der Waals surface area (Å²) in [7, 11) is 0. The van der Waals surface area contributed by atoms with Crippen LogP contribution >= 0.6 is 0 Å². The minimum atomic E-state index is -0.361. The van der Waals surface area contributed by atoms with E-state index < -0.39 is 0 Å². The molecule has 0 radical (unpaired) electrons. The van der Waals surface area contributed by atoms with Crippen molar-refractivity contribution in [1.82, 2.24) is 24.8 Å². The molecule has 0 saturated heterocycles. The van der Waals surface area contributed by atoms with Gasteiger partial charge in [0.1, 0.15) is 11.5 Å². The third kappa shape index (κ3) is 5.02. The van der Waals surface area contributed by atoms with Gasteiger partial charge in [-0.15, -0.1) is 10.2 Å². The standard InChI is InChI=1S/C29H21N7O2/c37-29(31-22-11-13-25(14-12-22)38-24-9-2-1-3-10-24)32-23-8-4-6-20(18-23)26-15-16-27-33-34-28(36(27)35-26)21-7-5-17-30-19-21/h1-19H,(H2,31,32,37). The number of rotatable bonds is 6. The second-order valence-corrected chi connectivity index (χ2v) is 8.35. The number of nitrogens with one attached hydrogen (secondary N) is 2. The number of aromatic nitrogens is 5. The number of carbonyl (C=O) groups is 1. The maximum absolute atomic E-state index is 12.7. The number of hydrogen-bond donors (Lipinski definition) is 2. The molecular weight excluding hydrogens is 478 g/mol. The molecule has 38 heavy (non-hydrogen) atoms. The van der Waals surface area contributed by atoms with Gasteiger partial charge in [0.05, 0.1) is 5.69 Å². The topological polar surface area (TPSA) is 106 Å². The zero-order valence-corrected chi connectivity index (χ0v) is 20.0. The van der Waals surface area contributed by atoms with Crippen molar-refractivity contribution in [3.63, 3.8) is 0 Å². The average molecular weight is 500 g/mol. The summed E-state index contributed by atoms with van der Waals surface area (Å²) in [5, 5.41) is 18.9. The van der Waals surface area contributed by atoms with Crippen LogP contribution in [0.5, 0.6) is 11.5 Å². The molecule has 0 spiro atoms. The molecule has 0 aliphatic heterocycles. The molecule has 0 aliphatic carbocycles. The maximum Gasteiger partial charge on any atom is 0.323 e. The van der Waals surface area contributed by atoms with E-state index in [1.54, 1.807) is 41.2 Å². The smallest absolute Gasteiger partial charge is 0.323 e. The number of anilines is 2. The van der Waals surface area contributed by atoms with Crippen LogP contribution in [0.1, 0.15) is 0 Å². The molecule has 2 N–H and O–H groups in total. The van der Waals surface area contributed by atoms with Crippen molar-refractivity contribution in [2.24, 2.45) is 0 Å². The highest BCUT2D eigenvalue weighted by atomic mass is 16.5. The molecule has 3 aromatic carbocycles. The fraction of sp³-hybridized carbons (Fsp3) is 0. The molecule has 9 nitrogen and oxygen atoms in total. The summed E-state index contributed by atoms with van der Waals surface area (Å²) in [6.45, 7) is 0. The second kappa shape index (κ2) is 10.2. The number of nitrogens with zero attached hydrogens (tertiary/aromatic N) is 5. The molecule has 184 valence electrons. The fourth-order valence-electron chi connectivity index (χ4n) is 3.90. The molecular formula is C29H21N7O2. The van der Waals surface area contributed by atoms with Crippen LogP contribution in [0.15, 0.2) is 116 Å². The molecule has 3 heterocycles. The summed E-state index contributed by atoms with van der Waals surface area (Å²) < 4.78 is 7.48. The first-order valence-corrected chi connectivity index (χ1v) is 11.9. The van der Waals surface area contributed by atoms with Crippen LogP contribution in [0.2, 0.25) is 0 Å². The number of ether oxygens (including phenoxy) is 1. The van der Waals surface area contributed by atoms with Crippen LogP contribution in [-0.4, -0.2) is 30.8 Å². The first-order valence-electron chi connectivity index (χ1n) is 11.9. The number of para-hydroxylation sites is 1. The summed E-state index contributed by atoms with van der Waals surface area (Å²) >= 11 is 0. The normalized spacial score (nSPS) is 10.7. The summed E-state index contributed by atoms with van der Waals surface area (Å²) in [6.07, 6.45) is 3.42. The predicted molar refractivity (Wildman–Crippen MR) is 145 cm³/mol. The van der Waals surface area contributed by atoms with Crippen LogP contribution in [0.25, 0.3) is 28.3 Å². The summed E-state index contributed by atoms with van der Waals surface area (Å²) in [6, 6.07) is 31.3. The predicted octanol–water partition coefficient (Wildman–Crippen LogP) is 6.29. The average Bonchev–Trinajstić information content (AvgIpc) is 3.39. The van der Waals surface area contributed by atoms with Gasteiger partial charge in [-0.05, 0) is 72.8 Å². The largest absolute Gasteiger partial charge is 0.457 e. The SMILES string of the molecule is O=C(Nc1ccc(Oc2ccccc2)cc1)Nc1cccc(-c2ccc3nnc(-c4cccnc4)n3n2)c1. The molecule has 0 bridgehead atoms. The van der Waals surface area contributed by atoms with E-state index in [1.807, 2.05) is 78.9 Å². The third-order valence-electron chi connectivity index (χ3n) is 5.69. The fourth-order valence-corrected chi connectivity index (χ4v) is 3.90. The highest BCUT2D eigenvalue weighted by molar-refractivity contribution is 6.00. The molecule has 6 aromatic rings. The monoisotopic (exact) mass is 499 g/mol. The van der Waals surface area contributed by atoms with Crippen LogP contribution < -0.4 is 15.4 Å². The van der Waals surface area contributed by atoms with Gasteiger partial charge in [-0.3, -0.25) is 4.98 Å². The highest BCUT2D eigenvalue weighted by Gasteiger charge is 2.12. The summed E-state index contributed by atoms with van der Waals surface area (Å²) in [5.41, 5.74) is 4.25. The first kappa shape index (κ1) is 22.9. The van der Waals surface area contributed by atoms with E-state index in [1.165, 1.54) is 0 Å².